The molecule has 0 aliphatic rings. The van der Waals surface area contributed by atoms with Crippen molar-refractivity contribution in [2.45, 2.75) is 0 Å². The van der Waals surface area contributed by atoms with Crippen LogP contribution in [-0.4, -0.2) is 0 Å². The van der Waals surface area contributed by atoms with Gasteiger partial charge in [-0.3, -0.25) is 0 Å². The summed E-state index contributed by atoms with van der Waals surface area (Å²) in [5.74, 6) is 0. The van der Waals surface area contributed by atoms with E-state index in [1.807, 2.05) is 0 Å². The Kier molecular flexibility index (Phi) is 52.0. The van der Waals surface area contributed by atoms with Crippen molar-refractivity contribution >= 4 is 12.6 Å². The molecule has 0 unspecified atom stereocenters. The minimum absolute atomic E-state index is 0. The molecule has 0 rings (SSSR count). The van der Waals surface area contributed by atoms with Crippen LogP contribution in [0.3, 0.4) is 0 Å². The van der Waals surface area contributed by atoms with Crippen LogP contribution in [-0.2, 0) is 35.0 Å². The van der Waals surface area contributed by atoms with Gasteiger partial charge in [-0.1, -0.05) is 5.40 Å². The van der Waals surface area contributed by atoms with Crippen molar-refractivity contribution in [1.29, 1.82) is 5.26 Å². The Morgan fingerprint density at radius 2 is 1.80 bits per heavy atom. The van der Waals surface area contributed by atoms with Crippen LogP contribution < -0.4 is 51.4 Å². The monoisotopic (exact) mass is 295 g/mol. The molecule has 0 fully saturated rings. The SMILES string of the molecule is N#C[S-].[Au+].[H-].[K+]. The van der Waals surface area contributed by atoms with E-state index in [1.54, 1.807) is 0 Å². The second-order valence-electron chi connectivity index (χ2n) is 0.0913. The van der Waals surface area contributed by atoms with Gasteiger partial charge in [-0.15, -0.1) is 0 Å². The molecule has 0 aromatic carbocycles. The quantitative estimate of drug-likeness (QED) is 0.272. The number of rotatable bonds is 0. The van der Waals surface area contributed by atoms with Crippen molar-refractivity contribution in [3.8, 4) is 5.40 Å². The van der Waals surface area contributed by atoms with Crippen LogP contribution in [0.1, 0.15) is 1.43 Å². The molecule has 0 saturated carbocycles. The van der Waals surface area contributed by atoms with Crippen LogP contribution in [0.15, 0.2) is 0 Å². The van der Waals surface area contributed by atoms with Crippen LogP contribution in [0.5, 0.6) is 0 Å². The second kappa shape index (κ2) is 16.5. The van der Waals surface area contributed by atoms with Gasteiger partial charge in [0, 0.05) is 0 Å². The van der Waals surface area contributed by atoms with Crippen molar-refractivity contribution in [3.05, 3.63) is 0 Å². The van der Waals surface area contributed by atoms with E-state index in [-0.39, 0.29) is 75.2 Å². The minimum Gasteiger partial charge on any atom is -1.00 e. The zero-order chi connectivity index (χ0) is 2.71. The molecule has 4 heteroatoms. The zero-order valence-electron chi connectivity index (χ0n) is 3.66. The summed E-state index contributed by atoms with van der Waals surface area (Å²) >= 11 is 3.70. The molecule has 0 saturated heterocycles. The summed E-state index contributed by atoms with van der Waals surface area (Å²) in [4.78, 5) is 0. The molecule has 5 heavy (non-hydrogen) atoms. The molecule has 0 aliphatic carbocycles. The van der Waals surface area contributed by atoms with Crippen LogP contribution >= 0.6 is 0 Å². The normalized spacial score (nSPS) is 1.40. The third-order valence-electron chi connectivity index (χ3n) is 0. The molecular weight excluding hydrogens is 294 g/mol. The van der Waals surface area contributed by atoms with E-state index in [9.17, 15) is 0 Å². The Morgan fingerprint density at radius 1 is 1.80 bits per heavy atom. The average Bonchev–Trinajstić information content (AvgIpc) is 0.918. The fraction of sp³-hybridized carbons (Fsp3) is 0. The fourth-order valence-corrected chi connectivity index (χ4v) is 0. The van der Waals surface area contributed by atoms with Crippen molar-refractivity contribution in [2.75, 3.05) is 0 Å². The number of nitriles is 1. The number of nitrogens with zero attached hydrogens (tertiary/aromatic N) is 1. The fourth-order valence-electron chi connectivity index (χ4n) is 0. The Bertz CT molecular complexity index is 37.0. The molecule has 0 heterocycles. The molecule has 0 aromatic heterocycles. The topological polar surface area (TPSA) is 23.8 Å². The Morgan fingerprint density at radius 3 is 1.80 bits per heavy atom. The molecule has 0 atom stereocenters. The Hall–Kier alpha value is 2.09. The molecule has 0 amide bonds. The second-order valence-corrected chi connectivity index (χ2v) is 0.274. The smallest absolute Gasteiger partial charge is 1.00 e. The van der Waals surface area contributed by atoms with Gasteiger partial charge in [-0.2, -0.15) is 0 Å². The van der Waals surface area contributed by atoms with Gasteiger partial charge in [-0.05, 0) is 0 Å². The van der Waals surface area contributed by atoms with E-state index >= 15 is 0 Å². The summed E-state index contributed by atoms with van der Waals surface area (Å²) in [6.45, 7) is 0. The number of hydrogen-bond donors (Lipinski definition) is 0. The van der Waals surface area contributed by atoms with Gasteiger partial charge in [-0.25, -0.2) is 5.26 Å². The van der Waals surface area contributed by atoms with Gasteiger partial charge in [0.25, 0.3) is 0 Å². The zero-order valence-corrected chi connectivity index (χ0v) is 8.76. The van der Waals surface area contributed by atoms with Gasteiger partial charge in [0.05, 0.1) is 0 Å². The maximum absolute atomic E-state index is 7.13. The molecule has 0 spiro atoms. The van der Waals surface area contributed by atoms with E-state index in [2.05, 4.69) is 12.6 Å². The molecule has 0 N–H and O–H groups in total. The number of hydrogen-bond acceptors (Lipinski definition) is 2. The predicted molar refractivity (Wildman–Crippen MR) is 14.1 cm³/mol. The standard InChI is InChI=1S/CHNS.Au.K.H/c2-1-3;;;/h3H;;;/q;2*+1;-1/p-1. The first-order valence-electron chi connectivity index (χ1n) is 0.428. The van der Waals surface area contributed by atoms with E-state index in [0.29, 0.717) is 0 Å². The molecule has 28 valence electrons. The van der Waals surface area contributed by atoms with Crippen LogP contribution in [0.4, 0.5) is 0 Å². The summed E-state index contributed by atoms with van der Waals surface area (Å²) in [6, 6.07) is 0. The number of thiocyanates is 1. The van der Waals surface area contributed by atoms with Gasteiger partial charge in [0.1, 0.15) is 0 Å². The maximum atomic E-state index is 7.13. The van der Waals surface area contributed by atoms with Crippen LogP contribution in [0.25, 0.3) is 0 Å². The Balaban J connectivity index is -0.00000000667. The third kappa shape index (κ3) is 23.3. The Labute approximate surface area is 96.3 Å². The van der Waals surface area contributed by atoms with E-state index in [4.69, 9.17) is 5.26 Å². The summed E-state index contributed by atoms with van der Waals surface area (Å²) in [5, 5.41) is 8.47. The molecule has 0 aliphatic heterocycles. The minimum atomic E-state index is 0. The van der Waals surface area contributed by atoms with Crippen molar-refractivity contribution in [3.63, 3.8) is 0 Å². The van der Waals surface area contributed by atoms with E-state index < -0.39 is 0 Å². The van der Waals surface area contributed by atoms with Crippen molar-refractivity contribution in [2.24, 2.45) is 0 Å². The van der Waals surface area contributed by atoms with Gasteiger partial charge in [0.2, 0.25) is 0 Å². The predicted octanol–water partition coefficient (Wildman–Crippen LogP) is -2.87. The summed E-state index contributed by atoms with van der Waals surface area (Å²) in [5.41, 5.74) is 0. The van der Waals surface area contributed by atoms with Gasteiger partial charge >= 0.3 is 73.8 Å². The first-order valence-corrected chi connectivity index (χ1v) is 0.836. The first kappa shape index (κ1) is 15.7. The first-order chi connectivity index (χ1) is 1.41. The van der Waals surface area contributed by atoms with Gasteiger partial charge in [0.15, 0.2) is 0 Å². The average molecular weight is 295 g/mol. The van der Waals surface area contributed by atoms with Crippen LogP contribution in [0.2, 0.25) is 0 Å². The van der Waals surface area contributed by atoms with Crippen molar-refractivity contribution in [1.82, 2.24) is 0 Å². The van der Waals surface area contributed by atoms with Gasteiger partial charge < -0.3 is 14.1 Å². The molecule has 0 aromatic rings. The summed E-state index contributed by atoms with van der Waals surface area (Å²) in [6.07, 6.45) is 0. The molecule has 0 radical (unpaired) electrons. The molecule has 0 bridgehead atoms. The summed E-state index contributed by atoms with van der Waals surface area (Å²) < 4.78 is 0. The third-order valence-corrected chi connectivity index (χ3v) is 0. The largest absolute Gasteiger partial charge is 1.00 e. The van der Waals surface area contributed by atoms with E-state index in [1.165, 1.54) is 5.40 Å². The maximum Gasteiger partial charge on any atom is 1.00 e. The molecular formula is CHAuKNS. The van der Waals surface area contributed by atoms with Crippen LogP contribution in [0, 0.1) is 10.7 Å². The summed E-state index contributed by atoms with van der Waals surface area (Å²) in [7, 11) is 0. The van der Waals surface area contributed by atoms with Crippen molar-refractivity contribution < 1.29 is 75.2 Å². The molecule has 1 nitrogen and oxygen atoms in total. The van der Waals surface area contributed by atoms with E-state index in [0.717, 1.165) is 0 Å².